The van der Waals surface area contributed by atoms with Crippen molar-refractivity contribution in [3.8, 4) is 0 Å². The zero-order chi connectivity index (χ0) is 28.2. The Kier molecular flexibility index (Phi) is 28.1. The predicted octanol–water partition coefficient (Wildman–Crippen LogP) is 8.31. The van der Waals surface area contributed by atoms with E-state index in [2.05, 4.69) is 13.5 Å². The Bertz CT molecular complexity index is 551. The van der Waals surface area contributed by atoms with E-state index < -0.39 is 13.9 Å². The van der Waals surface area contributed by atoms with Crippen LogP contribution in [-0.4, -0.2) is 69.1 Å². The number of phosphoric acid groups is 1. The van der Waals surface area contributed by atoms with Gasteiger partial charge in [-0.2, -0.15) is 0 Å². The second-order valence-electron chi connectivity index (χ2n) is 10.4. The van der Waals surface area contributed by atoms with Crippen molar-refractivity contribution in [1.82, 2.24) is 4.90 Å². The van der Waals surface area contributed by atoms with Gasteiger partial charge in [-0.1, -0.05) is 103 Å². The van der Waals surface area contributed by atoms with Crippen LogP contribution in [0.3, 0.4) is 0 Å². The molecule has 0 heterocycles. The monoisotopic (exact) mass is 563 g/mol. The first-order valence-corrected chi connectivity index (χ1v) is 17.0. The summed E-state index contributed by atoms with van der Waals surface area (Å²) in [7, 11) is -2.19. The van der Waals surface area contributed by atoms with E-state index >= 15 is 0 Å². The summed E-state index contributed by atoms with van der Waals surface area (Å²) >= 11 is 0. The van der Waals surface area contributed by atoms with Crippen molar-refractivity contribution in [3.63, 3.8) is 0 Å². The van der Waals surface area contributed by atoms with E-state index in [-0.39, 0.29) is 13.2 Å². The van der Waals surface area contributed by atoms with Crippen molar-refractivity contribution >= 4 is 7.82 Å². The molecule has 0 radical (unpaired) electrons. The van der Waals surface area contributed by atoms with Crippen LogP contribution in [0.2, 0.25) is 0 Å². The van der Waals surface area contributed by atoms with E-state index in [1.807, 2.05) is 24.9 Å². The smallest absolute Gasteiger partial charge is 0.379 e. The van der Waals surface area contributed by atoms with Crippen LogP contribution in [0.5, 0.6) is 0 Å². The SMILES string of the molecule is C=CCCCCOC(COCCCCCCCCCCCCCCCC)COP(=O)(O)OCCN(C)CC. The summed E-state index contributed by atoms with van der Waals surface area (Å²) in [5, 5.41) is 0. The van der Waals surface area contributed by atoms with E-state index in [0.717, 1.165) is 32.2 Å². The number of rotatable bonds is 31. The summed E-state index contributed by atoms with van der Waals surface area (Å²) in [5.74, 6) is 0. The third-order valence-electron chi connectivity index (χ3n) is 6.79. The summed E-state index contributed by atoms with van der Waals surface area (Å²) in [4.78, 5) is 12.0. The van der Waals surface area contributed by atoms with Crippen molar-refractivity contribution in [3.05, 3.63) is 12.7 Å². The van der Waals surface area contributed by atoms with Crippen LogP contribution in [0.1, 0.15) is 123 Å². The predicted molar refractivity (Wildman–Crippen MR) is 160 cm³/mol. The largest absolute Gasteiger partial charge is 0.472 e. The summed E-state index contributed by atoms with van der Waals surface area (Å²) in [5.41, 5.74) is 0. The van der Waals surface area contributed by atoms with Crippen molar-refractivity contribution in [1.29, 1.82) is 0 Å². The van der Waals surface area contributed by atoms with E-state index in [4.69, 9.17) is 18.5 Å². The van der Waals surface area contributed by atoms with E-state index in [1.54, 1.807) is 0 Å². The molecular formula is C30H62NO6P. The Morgan fingerprint density at radius 3 is 1.87 bits per heavy atom. The van der Waals surface area contributed by atoms with Gasteiger partial charge in [0.1, 0.15) is 6.10 Å². The molecule has 0 fully saturated rings. The molecule has 0 aliphatic rings. The van der Waals surface area contributed by atoms with Gasteiger partial charge in [0.25, 0.3) is 0 Å². The molecule has 0 aromatic heterocycles. The molecule has 0 spiro atoms. The van der Waals surface area contributed by atoms with E-state index in [0.29, 0.717) is 26.4 Å². The van der Waals surface area contributed by atoms with Gasteiger partial charge in [0, 0.05) is 19.8 Å². The van der Waals surface area contributed by atoms with Gasteiger partial charge in [-0.15, -0.1) is 6.58 Å². The number of ether oxygens (including phenoxy) is 2. The lowest BCUT2D eigenvalue weighted by Crippen LogP contribution is -2.27. The zero-order valence-corrected chi connectivity index (χ0v) is 26.1. The van der Waals surface area contributed by atoms with E-state index in [1.165, 1.54) is 83.5 Å². The van der Waals surface area contributed by atoms with Crippen molar-refractivity contribution in [2.24, 2.45) is 0 Å². The second kappa shape index (κ2) is 28.3. The minimum absolute atomic E-state index is 0.0302. The molecule has 0 aromatic carbocycles. The molecule has 0 aliphatic carbocycles. The molecule has 228 valence electrons. The molecular weight excluding hydrogens is 501 g/mol. The quantitative estimate of drug-likeness (QED) is 0.0516. The average Bonchev–Trinajstić information content (AvgIpc) is 2.90. The lowest BCUT2D eigenvalue weighted by Gasteiger charge is -2.20. The summed E-state index contributed by atoms with van der Waals surface area (Å²) in [6.07, 6.45) is 23.0. The van der Waals surface area contributed by atoms with Gasteiger partial charge in [0.05, 0.1) is 19.8 Å². The highest BCUT2D eigenvalue weighted by Gasteiger charge is 2.24. The maximum Gasteiger partial charge on any atom is 0.472 e. The molecule has 0 bridgehead atoms. The minimum atomic E-state index is -4.11. The molecule has 2 atom stereocenters. The van der Waals surface area contributed by atoms with Gasteiger partial charge in [0.2, 0.25) is 0 Å². The summed E-state index contributed by atoms with van der Waals surface area (Å²) in [6.45, 7) is 11.1. The molecule has 1 N–H and O–H groups in total. The van der Waals surface area contributed by atoms with Gasteiger partial charge in [0.15, 0.2) is 0 Å². The number of likely N-dealkylation sites (N-methyl/N-ethyl adjacent to an activating group) is 1. The van der Waals surface area contributed by atoms with Crippen LogP contribution in [0, 0.1) is 0 Å². The van der Waals surface area contributed by atoms with Crippen LogP contribution in [-0.2, 0) is 23.1 Å². The lowest BCUT2D eigenvalue weighted by atomic mass is 10.0. The molecule has 7 nitrogen and oxygen atoms in total. The van der Waals surface area contributed by atoms with Crippen LogP contribution in [0.15, 0.2) is 12.7 Å². The highest BCUT2D eigenvalue weighted by atomic mass is 31.2. The van der Waals surface area contributed by atoms with Gasteiger partial charge in [-0.25, -0.2) is 4.57 Å². The lowest BCUT2D eigenvalue weighted by molar-refractivity contribution is -0.0444. The number of phosphoric ester groups is 1. The topological polar surface area (TPSA) is 77.5 Å². The zero-order valence-electron chi connectivity index (χ0n) is 25.2. The Balaban J connectivity index is 3.94. The highest BCUT2D eigenvalue weighted by Crippen LogP contribution is 2.43. The fourth-order valence-corrected chi connectivity index (χ4v) is 4.82. The molecule has 0 aromatic rings. The number of hydrogen-bond acceptors (Lipinski definition) is 6. The molecule has 0 amide bonds. The normalized spacial score (nSPS) is 14.1. The van der Waals surface area contributed by atoms with Crippen LogP contribution in [0.25, 0.3) is 0 Å². The number of nitrogens with zero attached hydrogens (tertiary/aromatic N) is 1. The number of allylic oxidation sites excluding steroid dienone is 1. The van der Waals surface area contributed by atoms with Gasteiger partial charge >= 0.3 is 7.82 Å². The van der Waals surface area contributed by atoms with Crippen LogP contribution >= 0.6 is 7.82 Å². The maximum atomic E-state index is 12.2. The van der Waals surface area contributed by atoms with E-state index in [9.17, 15) is 9.46 Å². The second-order valence-corrected chi connectivity index (χ2v) is 11.9. The minimum Gasteiger partial charge on any atom is -0.379 e. The summed E-state index contributed by atoms with van der Waals surface area (Å²) in [6, 6.07) is 0. The van der Waals surface area contributed by atoms with Gasteiger partial charge in [-0.3, -0.25) is 9.05 Å². The molecule has 0 saturated heterocycles. The first-order valence-electron chi connectivity index (χ1n) is 15.6. The van der Waals surface area contributed by atoms with Crippen molar-refractivity contribution in [2.45, 2.75) is 129 Å². The van der Waals surface area contributed by atoms with Gasteiger partial charge in [-0.05, 0) is 39.3 Å². The van der Waals surface area contributed by atoms with Crippen molar-refractivity contribution < 1.29 is 28.0 Å². The molecule has 8 heteroatoms. The third kappa shape index (κ3) is 27.3. The number of hydrogen-bond donors (Lipinski definition) is 1. The molecule has 0 aliphatic heterocycles. The van der Waals surface area contributed by atoms with Crippen molar-refractivity contribution in [2.75, 3.05) is 53.2 Å². The standard InChI is InChI=1S/C30H62NO6P/c1-5-8-10-12-13-14-15-16-17-18-19-20-21-22-25-34-28-30(35-26-23-11-9-6-2)29-37-38(32,33)36-27-24-31(4)7-3/h6,30H,2,5,7-29H2,1,3-4H3,(H,32,33). The van der Waals surface area contributed by atoms with Crippen LogP contribution < -0.4 is 0 Å². The highest BCUT2D eigenvalue weighted by molar-refractivity contribution is 7.47. The average molecular weight is 564 g/mol. The third-order valence-corrected chi connectivity index (χ3v) is 7.78. The first kappa shape index (κ1) is 37.7. The Morgan fingerprint density at radius 2 is 1.32 bits per heavy atom. The fraction of sp³-hybridized carbons (Fsp3) is 0.933. The molecule has 0 rings (SSSR count). The maximum absolute atomic E-state index is 12.2. The molecule has 38 heavy (non-hydrogen) atoms. The Hall–Kier alpha value is -0.270. The fourth-order valence-electron chi connectivity index (χ4n) is 4.08. The Labute approximate surface area is 235 Å². The van der Waals surface area contributed by atoms with Gasteiger partial charge < -0.3 is 19.3 Å². The van der Waals surface area contributed by atoms with Crippen LogP contribution in [0.4, 0.5) is 0 Å². The molecule has 0 saturated carbocycles. The Morgan fingerprint density at radius 1 is 0.763 bits per heavy atom. The number of unbranched alkanes of at least 4 members (excludes halogenated alkanes) is 15. The first-order chi connectivity index (χ1) is 18.4. The summed E-state index contributed by atoms with van der Waals surface area (Å²) < 4.78 is 34.2. The molecule has 2 unspecified atom stereocenters.